The molecule has 6 rings (SSSR count). The highest BCUT2D eigenvalue weighted by Crippen LogP contribution is 2.46. The van der Waals surface area contributed by atoms with Crippen molar-refractivity contribution in [3.63, 3.8) is 0 Å². The Labute approximate surface area is 183 Å². The standard InChI is InChI=1S/C20H34N3O7P/c1-27-11-19(17(24)15-3-7-22(19)8-4-15)13-29-31(21,26)30-14-20(12-28-2)18(25)16-5-9-23(20)10-6-16/h15-16H,3-14H2,1-2H3,(H2,21,26)/t19-,20-/m1/s1. The first-order chi connectivity index (χ1) is 14.8. The normalized spacial score (nSPS) is 41.5. The van der Waals surface area contributed by atoms with Crippen LogP contribution in [-0.4, -0.2) is 99.3 Å². The summed E-state index contributed by atoms with van der Waals surface area (Å²) in [5.41, 5.74) is 3.92. The molecule has 0 aromatic carbocycles. The van der Waals surface area contributed by atoms with Crippen LogP contribution < -0.4 is 5.50 Å². The van der Waals surface area contributed by atoms with Gasteiger partial charge in [-0.05, 0) is 51.9 Å². The molecule has 0 aromatic heterocycles. The lowest BCUT2D eigenvalue weighted by molar-refractivity contribution is -0.158. The molecule has 6 saturated heterocycles. The summed E-state index contributed by atoms with van der Waals surface area (Å²) in [6.07, 6.45) is 3.28. The number of rotatable bonds is 10. The molecule has 0 spiro atoms. The summed E-state index contributed by atoms with van der Waals surface area (Å²) in [5.74, 6) is 0.0344. The van der Waals surface area contributed by atoms with Crippen LogP contribution in [0.4, 0.5) is 0 Å². The van der Waals surface area contributed by atoms with Gasteiger partial charge in [0.2, 0.25) is 0 Å². The van der Waals surface area contributed by atoms with Crippen molar-refractivity contribution in [2.75, 3.05) is 66.8 Å². The Hall–Kier alpha value is -0.710. The van der Waals surface area contributed by atoms with Crippen LogP contribution in [0, 0.1) is 11.8 Å². The van der Waals surface area contributed by atoms with Crippen molar-refractivity contribution in [1.82, 2.24) is 9.80 Å². The number of nitrogens with two attached hydrogens (primary N) is 1. The minimum Gasteiger partial charge on any atom is -0.382 e. The second-order valence-electron chi connectivity index (χ2n) is 9.27. The monoisotopic (exact) mass is 459 g/mol. The fourth-order valence-corrected chi connectivity index (χ4v) is 6.71. The van der Waals surface area contributed by atoms with Crippen LogP contribution in [-0.2, 0) is 32.7 Å². The van der Waals surface area contributed by atoms with Crippen LogP contribution in [0.1, 0.15) is 25.7 Å². The van der Waals surface area contributed by atoms with Gasteiger partial charge in [-0.2, -0.15) is 0 Å². The number of ketones is 2. The van der Waals surface area contributed by atoms with Gasteiger partial charge in [-0.25, -0.2) is 10.1 Å². The van der Waals surface area contributed by atoms with Crippen LogP contribution in [0.5, 0.6) is 0 Å². The highest BCUT2D eigenvalue weighted by Gasteiger charge is 2.56. The molecule has 0 aromatic rings. The molecule has 6 aliphatic rings. The Bertz CT molecular complexity index is 693. The summed E-state index contributed by atoms with van der Waals surface area (Å²) >= 11 is 0. The third-order valence-corrected chi connectivity index (χ3v) is 8.57. The summed E-state index contributed by atoms with van der Waals surface area (Å²) in [4.78, 5) is 30.2. The number of hydrogen-bond acceptors (Lipinski definition) is 9. The molecule has 11 heteroatoms. The molecule has 2 atom stereocenters. The largest absolute Gasteiger partial charge is 0.402 e. The Kier molecular flexibility index (Phi) is 6.74. The molecule has 0 amide bonds. The molecule has 6 aliphatic heterocycles. The van der Waals surface area contributed by atoms with E-state index in [9.17, 15) is 14.2 Å². The van der Waals surface area contributed by atoms with Crippen LogP contribution in [0.2, 0.25) is 0 Å². The van der Waals surface area contributed by atoms with Crippen molar-refractivity contribution in [3.8, 4) is 0 Å². The van der Waals surface area contributed by atoms with Gasteiger partial charge in [0.1, 0.15) is 11.1 Å². The van der Waals surface area contributed by atoms with Crippen LogP contribution in [0.25, 0.3) is 0 Å². The molecule has 0 aliphatic carbocycles. The van der Waals surface area contributed by atoms with Gasteiger partial charge in [-0.15, -0.1) is 0 Å². The molecule has 10 nitrogen and oxygen atoms in total. The maximum Gasteiger partial charge on any atom is 0.402 e. The topological polar surface area (TPSA) is 121 Å². The van der Waals surface area contributed by atoms with E-state index in [1.165, 1.54) is 14.2 Å². The van der Waals surface area contributed by atoms with Crippen molar-refractivity contribution < 1.29 is 32.7 Å². The predicted octanol–water partition coefficient (Wildman–Crippen LogP) is 0.446. The molecule has 4 bridgehead atoms. The van der Waals surface area contributed by atoms with Gasteiger partial charge < -0.3 is 9.47 Å². The van der Waals surface area contributed by atoms with Crippen molar-refractivity contribution in [2.24, 2.45) is 17.3 Å². The lowest BCUT2D eigenvalue weighted by Gasteiger charge is -2.52. The molecule has 6 heterocycles. The average molecular weight is 459 g/mol. The molecule has 0 radical (unpaired) electrons. The summed E-state index contributed by atoms with van der Waals surface area (Å²) in [5, 5.41) is 0. The fourth-order valence-electron chi connectivity index (χ4n) is 5.85. The van der Waals surface area contributed by atoms with Crippen LogP contribution in [0.3, 0.4) is 0 Å². The molecular weight excluding hydrogens is 425 g/mol. The zero-order valence-corrected chi connectivity index (χ0v) is 19.3. The minimum atomic E-state index is -4.02. The first-order valence-corrected chi connectivity index (χ1v) is 12.6. The molecule has 176 valence electrons. The molecular formula is C20H34N3O7P. The third-order valence-electron chi connectivity index (χ3n) is 7.59. The quantitative estimate of drug-likeness (QED) is 0.461. The summed E-state index contributed by atoms with van der Waals surface area (Å²) in [6, 6.07) is 0. The Balaban J connectivity index is 1.44. The van der Waals surface area contributed by atoms with Crippen LogP contribution in [0.15, 0.2) is 0 Å². The maximum atomic E-state index is 13.0. The number of carbonyl (C=O) groups excluding carboxylic acids is 2. The number of hydrogen-bond donors (Lipinski definition) is 1. The zero-order chi connectivity index (χ0) is 22.3. The lowest BCUT2D eigenvalue weighted by Crippen LogP contribution is -2.69. The van der Waals surface area contributed by atoms with E-state index < -0.39 is 18.8 Å². The molecule has 2 N–H and O–H groups in total. The summed E-state index contributed by atoms with van der Waals surface area (Å²) in [6.45, 7) is 3.01. The van der Waals surface area contributed by atoms with Gasteiger partial charge in [0.25, 0.3) is 0 Å². The minimum absolute atomic E-state index is 0.0324. The number of piperidine rings is 6. The van der Waals surface area contributed by atoms with Gasteiger partial charge in [-0.1, -0.05) is 0 Å². The molecule has 0 saturated carbocycles. The molecule has 0 unspecified atom stereocenters. The van der Waals surface area contributed by atoms with E-state index in [1.54, 1.807) is 0 Å². The first-order valence-electron chi connectivity index (χ1n) is 11.0. The second kappa shape index (κ2) is 8.91. The zero-order valence-electron chi connectivity index (χ0n) is 18.4. The van der Waals surface area contributed by atoms with Gasteiger partial charge in [0.05, 0.1) is 26.4 Å². The highest BCUT2D eigenvalue weighted by molar-refractivity contribution is 7.51. The molecule has 6 fully saturated rings. The van der Waals surface area contributed by atoms with E-state index in [0.29, 0.717) is 0 Å². The Morgan fingerprint density at radius 3 is 1.45 bits per heavy atom. The highest BCUT2D eigenvalue weighted by atomic mass is 31.2. The van der Waals surface area contributed by atoms with Crippen molar-refractivity contribution in [1.29, 1.82) is 0 Å². The summed E-state index contributed by atoms with van der Waals surface area (Å²) < 4.78 is 34.8. The van der Waals surface area contributed by atoms with Crippen molar-refractivity contribution >= 4 is 19.3 Å². The Morgan fingerprint density at radius 1 is 0.806 bits per heavy atom. The van der Waals surface area contributed by atoms with E-state index in [-0.39, 0.29) is 49.8 Å². The number of Topliss-reactive ketones (excluding diaryl/α,β-unsaturated/α-hetero) is 2. The number of methoxy groups -OCH3 is 2. The predicted molar refractivity (Wildman–Crippen MR) is 112 cm³/mol. The second-order valence-corrected chi connectivity index (χ2v) is 10.9. The van der Waals surface area contributed by atoms with Crippen molar-refractivity contribution in [2.45, 2.75) is 36.8 Å². The van der Waals surface area contributed by atoms with E-state index in [4.69, 9.17) is 24.0 Å². The number of carbonyl (C=O) groups is 2. The van der Waals surface area contributed by atoms with Crippen molar-refractivity contribution in [3.05, 3.63) is 0 Å². The average Bonchev–Trinajstić information content (AvgIpc) is 2.78. The lowest BCUT2D eigenvalue weighted by atomic mass is 9.74. The van der Waals surface area contributed by atoms with E-state index in [1.807, 2.05) is 9.80 Å². The van der Waals surface area contributed by atoms with E-state index in [2.05, 4.69) is 0 Å². The number of nitrogens with zero attached hydrogens (tertiary/aromatic N) is 2. The van der Waals surface area contributed by atoms with Gasteiger partial charge in [0.15, 0.2) is 11.6 Å². The van der Waals surface area contributed by atoms with Gasteiger partial charge >= 0.3 is 7.75 Å². The third kappa shape index (κ3) is 4.06. The number of fused-ring (bicyclic) bond motifs is 6. The first kappa shape index (κ1) is 23.4. The summed E-state index contributed by atoms with van der Waals surface area (Å²) in [7, 11) is -0.962. The Morgan fingerprint density at radius 2 is 1.16 bits per heavy atom. The number of ether oxygens (including phenoxy) is 2. The van der Waals surface area contributed by atoms with Gasteiger partial charge in [0, 0.05) is 26.1 Å². The van der Waals surface area contributed by atoms with E-state index >= 15 is 0 Å². The maximum absolute atomic E-state index is 13.0. The molecule has 31 heavy (non-hydrogen) atoms. The van der Waals surface area contributed by atoms with Gasteiger partial charge in [-0.3, -0.25) is 28.4 Å². The SMILES string of the molecule is COC[C@@]1(COP(N)(=O)OC[C@]2(COC)C(=O)C3CCN2CC3)C(=O)C2CCN1CC2. The van der Waals surface area contributed by atoms with Crippen LogP contribution >= 0.6 is 7.75 Å². The van der Waals surface area contributed by atoms with E-state index in [0.717, 1.165) is 51.9 Å². The smallest absolute Gasteiger partial charge is 0.382 e. The fraction of sp³-hybridized carbons (Fsp3) is 0.900.